The smallest absolute Gasteiger partial charge is 0.329 e. The van der Waals surface area contributed by atoms with Crippen molar-refractivity contribution in [3.63, 3.8) is 0 Å². The predicted octanol–water partition coefficient (Wildman–Crippen LogP) is 1.31. The Balaban J connectivity index is 2.34. The van der Waals surface area contributed by atoms with Crippen LogP contribution in [0.1, 0.15) is 30.7 Å². The number of ether oxygens (including phenoxy) is 2. The van der Waals surface area contributed by atoms with Gasteiger partial charge in [-0.3, -0.25) is 19.7 Å². The van der Waals surface area contributed by atoms with Gasteiger partial charge >= 0.3 is 11.9 Å². The number of amides is 1. The van der Waals surface area contributed by atoms with Crippen molar-refractivity contribution in [3.8, 4) is 0 Å². The molecule has 0 saturated heterocycles. The molecule has 1 N–H and O–H groups in total. The highest BCUT2D eigenvalue weighted by Crippen LogP contribution is 2.31. The summed E-state index contributed by atoms with van der Waals surface area (Å²) in [6.45, 7) is 0. The first-order chi connectivity index (χ1) is 12.4. The van der Waals surface area contributed by atoms with Crippen molar-refractivity contribution in [2.75, 3.05) is 14.2 Å². The number of carbonyl (C=O) groups is 3. The summed E-state index contributed by atoms with van der Waals surface area (Å²) < 4.78 is 9.46. The van der Waals surface area contributed by atoms with Crippen LogP contribution in [0.15, 0.2) is 24.3 Å². The lowest BCUT2D eigenvalue weighted by molar-refractivity contribution is -0.384. The van der Waals surface area contributed by atoms with Gasteiger partial charge in [0, 0.05) is 24.0 Å². The first-order valence-electron chi connectivity index (χ1n) is 8.06. The van der Waals surface area contributed by atoms with E-state index in [9.17, 15) is 24.5 Å². The maximum absolute atomic E-state index is 12.3. The summed E-state index contributed by atoms with van der Waals surface area (Å²) in [4.78, 5) is 46.5. The Labute approximate surface area is 149 Å². The van der Waals surface area contributed by atoms with Gasteiger partial charge in [0.1, 0.15) is 6.04 Å². The van der Waals surface area contributed by atoms with E-state index in [-0.39, 0.29) is 23.9 Å². The van der Waals surface area contributed by atoms with Crippen molar-refractivity contribution in [2.45, 2.75) is 31.2 Å². The van der Waals surface area contributed by atoms with Crippen LogP contribution >= 0.6 is 0 Å². The summed E-state index contributed by atoms with van der Waals surface area (Å²) in [5.41, 5.74) is 0.356. The van der Waals surface area contributed by atoms with Crippen molar-refractivity contribution in [1.29, 1.82) is 0 Å². The zero-order chi connectivity index (χ0) is 19.3. The molecule has 9 nitrogen and oxygen atoms in total. The number of benzene rings is 1. The largest absolute Gasteiger partial charge is 0.469 e. The highest BCUT2D eigenvalue weighted by Gasteiger charge is 2.38. The van der Waals surface area contributed by atoms with E-state index in [0.29, 0.717) is 5.56 Å². The van der Waals surface area contributed by atoms with Crippen molar-refractivity contribution in [1.82, 2.24) is 5.32 Å². The molecule has 1 aromatic rings. The number of nitrogens with one attached hydrogen (secondary N) is 1. The van der Waals surface area contributed by atoms with E-state index in [1.807, 2.05) is 0 Å². The van der Waals surface area contributed by atoms with Crippen LogP contribution in [0.5, 0.6) is 0 Å². The predicted molar refractivity (Wildman–Crippen MR) is 89.1 cm³/mol. The molecule has 1 amide bonds. The monoisotopic (exact) mass is 364 g/mol. The lowest BCUT2D eigenvalue weighted by Gasteiger charge is -2.25. The fourth-order valence-corrected chi connectivity index (χ4v) is 2.60. The van der Waals surface area contributed by atoms with Gasteiger partial charge in [-0.25, -0.2) is 4.79 Å². The third-order valence-electron chi connectivity index (χ3n) is 4.25. The van der Waals surface area contributed by atoms with Crippen LogP contribution in [-0.4, -0.2) is 43.0 Å². The van der Waals surface area contributed by atoms with Crippen LogP contribution in [-0.2, 0) is 23.9 Å². The maximum atomic E-state index is 12.3. The molecule has 0 aliphatic heterocycles. The van der Waals surface area contributed by atoms with E-state index in [4.69, 9.17) is 4.74 Å². The Bertz CT molecular complexity index is 698. The number of nitro groups is 1. The Morgan fingerprint density at radius 1 is 1.19 bits per heavy atom. The molecule has 2 atom stereocenters. The molecule has 0 bridgehead atoms. The first kappa shape index (κ1) is 19.4. The second-order valence-corrected chi connectivity index (χ2v) is 6.02. The molecule has 1 saturated carbocycles. The van der Waals surface area contributed by atoms with Gasteiger partial charge < -0.3 is 14.8 Å². The molecule has 0 radical (unpaired) electrons. The topological polar surface area (TPSA) is 125 Å². The fourth-order valence-electron chi connectivity index (χ4n) is 2.60. The van der Waals surface area contributed by atoms with Crippen molar-refractivity contribution in [2.24, 2.45) is 5.92 Å². The minimum Gasteiger partial charge on any atom is -0.469 e. The minimum absolute atomic E-state index is 0.123. The fraction of sp³-hybridized carbons (Fsp3) is 0.471. The van der Waals surface area contributed by atoms with Crippen LogP contribution in [0.2, 0.25) is 0 Å². The number of carbonyl (C=O) groups excluding carboxylic acids is 3. The van der Waals surface area contributed by atoms with Gasteiger partial charge in [0.05, 0.1) is 25.6 Å². The Morgan fingerprint density at radius 2 is 1.81 bits per heavy atom. The molecule has 140 valence electrons. The number of nitro benzene ring substituents is 1. The molecule has 0 unspecified atom stereocenters. The average molecular weight is 364 g/mol. The van der Waals surface area contributed by atoms with Gasteiger partial charge in [-0.05, 0) is 18.4 Å². The van der Waals surface area contributed by atoms with Gasteiger partial charge in [0.15, 0.2) is 0 Å². The van der Waals surface area contributed by atoms with Crippen molar-refractivity contribution < 1.29 is 28.8 Å². The SMILES string of the molecule is COC(=O)C[C@H](c1ccc([N+](=O)[O-])cc1)[C@H](NC(=O)C1CC1)C(=O)OC. The van der Waals surface area contributed by atoms with Crippen LogP contribution in [0.25, 0.3) is 0 Å². The molecule has 9 heteroatoms. The van der Waals surface area contributed by atoms with Gasteiger partial charge in [0.2, 0.25) is 5.91 Å². The standard InChI is InChI=1S/C17H20N2O7/c1-25-14(20)9-13(10-5-7-12(8-6-10)19(23)24)15(17(22)26-2)18-16(21)11-3-4-11/h5-8,11,13,15H,3-4,9H2,1-2H3,(H,18,21)/t13-,15+/m1/s1. The van der Waals surface area contributed by atoms with Crippen LogP contribution in [0.3, 0.4) is 0 Å². The Kier molecular flexibility index (Phi) is 6.26. The number of nitrogens with zero attached hydrogens (tertiary/aromatic N) is 1. The van der Waals surface area contributed by atoms with Gasteiger partial charge in [-0.1, -0.05) is 12.1 Å². The third kappa shape index (κ3) is 4.78. The van der Waals surface area contributed by atoms with Crippen LogP contribution < -0.4 is 5.32 Å². The van der Waals surface area contributed by atoms with Crippen molar-refractivity contribution in [3.05, 3.63) is 39.9 Å². The number of hydrogen-bond donors (Lipinski definition) is 1. The normalized spacial score (nSPS) is 15.5. The lowest BCUT2D eigenvalue weighted by atomic mass is 9.88. The molecule has 2 rings (SSSR count). The summed E-state index contributed by atoms with van der Waals surface area (Å²) >= 11 is 0. The summed E-state index contributed by atoms with van der Waals surface area (Å²) in [5, 5.41) is 13.5. The lowest BCUT2D eigenvalue weighted by Crippen LogP contribution is -2.46. The molecule has 1 aliphatic rings. The minimum atomic E-state index is -1.10. The average Bonchev–Trinajstić information content (AvgIpc) is 3.48. The van der Waals surface area contributed by atoms with E-state index in [2.05, 4.69) is 10.1 Å². The molecule has 0 aromatic heterocycles. The van der Waals surface area contributed by atoms with Gasteiger partial charge in [0.25, 0.3) is 5.69 Å². The van der Waals surface area contributed by atoms with Gasteiger partial charge in [-0.15, -0.1) is 0 Å². The molecule has 1 aromatic carbocycles. The highest BCUT2D eigenvalue weighted by molar-refractivity contribution is 5.88. The zero-order valence-electron chi connectivity index (χ0n) is 14.5. The van der Waals surface area contributed by atoms with E-state index in [0.717, 1.165) is 12.8 Å². The Morgan fingerprint density at radius 3 is 2.27 bits per heavy atom. The zero-order valence-corrected chi connectivity index (χ0v) is 14.5. The molecular formula is C17H20N2O7. The molecule has 0 heterocycles. The van der Waals surface area contributed by atoms with Crippen LogP contribution in [0, 0.1) is 16.0 Å². The number of hydrogen-bond acceptors (Lipinski definition) is 7. The third-order valence-corrected chi connectivity index (χ3v) is 4.25. The number of esters is 2. The number of rotatable bonds is 8. The quantitative estimate of drug-likeness (QED) is 0.419. The molecule has 26 heavy (non-hydrogen) atoms. The number of methoxy groups -OCH3 is 2. The van der Waals surface area contributed by atoms with Crippen molar-refractivity contribution >= 4 is 23.5 Å². The maximum Gasteiger partial charge on any atom is 0.329 e. The molecule has 1 aliphatic carbocycles. The van der Waals surface area contributed by atoms with Gasteiger partial charge in [-0.2, -0.15) is 0 Å². The van der Waals surface area contributed by atoms with E-state index in [1.165, 1.54) is 38.5 Å². The molecule has 1 fully saturated rings. The van der Waals surface area contributed by atoms with E-state index in [1.54, 1.807) is 0 Å². The summed E-state index contributed by atoms with van der Waals surface area (Å²) in [6.07, 6.45) is 1.30. The number of non-ortho nitro benzene ring substituents is 1. The summed E-state index contributed by atoms with van der Waals surface area (Å²) in [7, 11) is 2.40. The van der Waals surface area contributed by atoms with Crippen LogP contribution in [0.4, 0.5) is 5.69 Å². The van der Waals surface area contributed by atoms with E-state index >= 15 is 0 Å². The Hall–Kier alpha value is -2.97. The summed E-state index contributed by atoms with van der Waals surface area (Å²) in [5.74, 6) is -2.48. The molecular weight excluding hydrogens is 344 g/mol. The second-order valence-electron chi connectivity index (χ2n) is 6.02. The second kappa shape index (κ2) is 8.41. The molecule has 0 spiro atoms. The van der Waals surface area contributed by atoms with E-state index < -0.39 is 28.8 Å². The summed E-state index contributed by atoms with van der Waals surface area (Å²) in [6, 6.07) is 4.34. The highest BCUT2D eigenvalue weighted by atomic mass is 16.6. The first-order valence-corrected chi connectivity index (χ1v) is 8.06.